The van der Waals surface area contributed by atoms with Gasteiger partial charge in [0.05, 0.1) is 12.7 Å². The summed E-state index contributed by atoms with van der Waals surface area (Å²) in [6, 6.07) is 8.84. The van der Waals surface area contributed by atoms with E-state index < -0.39 is 0 Å². The predicted molar refractivity (Wildman–Crippen MR) is 92.8 cm³/mol. The number of carbonyl (C=O) groups is 1. The first-order chi connectivity index (χ1) is 11.6. The van der Waals surface area contributed by atoms with Crippen LogP contribution in [0.15, 0.2) is 30.3 Å². The van der Waals surface area contributed by atoms with Gasteiger partial charge in [-0.05, 0) is 37.6 Å². The molecule has 7 heteroatoms. The monoisotopic (exact) mass is 330 g/mol. The zero-order valence-corrected chi connectivity index (χ0v) is 14.1. The molecule has 0 aliphatic heterocycles. The molecule has 24 heavy (non-hydrogen) atoms. The molecule has 0 unspecified atom stereocenters. The maximum atomic E-state index is 11.4. The molecule has 0 saturated heterocycles. The van der Waals surface area contributed by atoms with Gasteiger partial charge in [-0.1, -0.05) is 0 Å². The van der Waals surface area contributed by atoms with Gasteiger partial charge in [0.2, 0.25) is 0 Å². The van der Waals surface area contributed by atoms with Crippen LogP contribution in [0.2, 0.25) is 0 Å². The Labute approximate surface area is 141 Å². The van der Waals surface area contributed by atoms with Crippen molar-refractivity contribution in [3.63, 3.8) is 0 Å². The molecular formula is C17H22N4O3. The number of anilines is 3. The van der Waals surface area contributed by atoms with Crippen molar-refractivity contribution in [3.8, 4) is 0 Å². The maximum absolute atomic E-state index is 11.4. The maximum Gasteiger partial charge on any atom is 0.337 e. The number of hydrogen-bond donors (Lipinski definition) is 2. The van der Waals surface area contributed by atoms with Crippen LogP contribution in [0.1, 0.15) is 22.6 Å². The molecule has 0 atom stereocenters. The molecule has 2 aromatic rings. The number of aromatic nitrogens is 2. The van der Waals surface area contributed by atoms with Gasteiger partial charge in [0.25, 0.3) is 0 Å². The average Bonchev–Trinajstić information content (AvgIpc) is 2.58. The summed E-state index contributed by atoms with van der Waals surface area (Å²) >= 11 is 0. The Bertz CT molecular complexity index is 674. The lowest BCUT2D eigenvalue weighted by molar-refractivity contribution is 0.0601. The lowest BCUT2D eigenvalue weighted by Crippen LogP contribution is -2.08. The van der Waals surface area contributed by atoms with E-state index in [1.165, 1.54) is 7.11 Å². The molecule has 0 bridgehead atoms. The summed E-state index contributed by atoms with van der Waals surface area (Å²) in [5, 5.41) is 6.45. The lowest BCUT2D eigenvalue weighted by Gasteiger charge is -2.10. The molecule has 0 fully saturated rings. The number of nitrogens with one attached hydrogen (secondary N) is 2. The van der Waals surface area contributed by atoms with Crippen LogP contribution in [-0.2, 0) is 9.47 Å². The highest BCUT2D eigenvalue weighted by atomic mass is 16.5. The van der Waals surface area contributed by atoms with Crippen LogP contribution in [0.25, 0.3) is 0 Å². The Kier molecular flexibility index (Phi) is 6.51. The van der Waals surface area contributed by atoms with E-state index >= 15 is 0 Å². The minimum Gasteiger partial charge on any atom is -0.465 e. The minimum atomic E-state index is -0.359. The molecule has 0 saturated carbocycles. The van der Waals surface area contributed by atoms with Gasteiger partial charge in [-0.15, -0.1) is 0 Å². The van der Waals surface area contributed by atoms with Crippen molar-refractivity contribution in [2.75, 3.05) is 38.0 Å². The normalized spacial score (nSPS) is 10.3. The van der Waals surface area contributed by atoms with E-state index in [1.807, 2.05) is 13.0 Å². The van der Waals surface area contributed by atoms with Gasteiger partial charge in [-0.25, -0.2) is 14.8 Å². The Balaban J connectivity index is 2.03. The van der Waals surface area contributed by atoms with Gasteiger partial charge in [0.1, 0.15) is 17.5 Å². The van der Waals surface area contributed by atoms with Crippen LogP contribution in [0.3, 0.4) is 0 Å². The Morgan fingerprint density at radius 1 is 1.12 bits per heavy atom. The number of ether oxygens (including phenoxy) is 2. The molecule has 0 aliphatic rings. The highest BCUT2D eigenvalue weighted by Gasteiger charge is 2.06. The van der Waals surface area contributed by atoms with Crippen molar-refractivity contribution < 1.29 is 14.3 Å². The molecule has 0 aliphatic carbocycles. The Morgan fingerprint density at radius 2 is 1.83 bits per heavy atom. The summed E-state index contributed by atoms with van der Waals surface area (Å²) in [6.45, 7) is 3.32. The fourth-order valence-corrected chi connectivity index (χ4v) is 2.11. The third kappa shape index (κ3) is 5.20. The highest BCUT2D eigenvalue weighted by Crippen LogP contribution is 2.18. The number of benzene rings is 1. The zero-order chi connectivity index (χ0) is 17.4. The fraction of sp³-hybridized carbons (Fsp3) is 0.353. The van der Waals surface area contributed by atoms with Crippen LogP contribution < -0.4 is 10.6 Å². The highest BCUT2D eigenvalue weighted by molar-refractivity contribution is 5.89. The van der Waals surface area contributed by atoms with Gasteiger partial charge >= 0.3 is 5.97 Å². The summed E-state index contributed by atoms with van der Waals surface area (Å²) in [6.07, 6.45) is 0.900. The molecule has 1 heterocycles. The van der Waals surface area contributed by atoms with Crippen molar-refractivity contribution in [1.82, 2.24) is 9.97 Å². The van der Waals surface area contributed by atoms with Gasteiger partial charge in [-0.2, -0.15) is 0 Å². The lowest BCUT2D eigenvalue weighted by atomic mass is 10.2. The number of carbonyl (C=O) groups excluding carboxylic acids is 1. The van der Waals surface area contributed by atoms with E-state index in [4.69, 9.17) is 4.74 Å². The Morgan fingerprint density at radius 3 is 2.50 bits per heavy atom. The fourth-order valence-electron chi connectivity index (χ4n) is 2.11. The second kappa shape index (κ2) is 8.83. The van der Waals surface area contributed by atoms with E-state index in [9.17, 15) is 4.79 Å². The van der Waals surface area contributed by atoms with Crippen molar-refractivity contribution in [2.45, 2.75) is 13.3 Å². The van der Waals surface area contributed by atoms with E-state index in [-0.39, 0.29) is 5.97 Å². The number of nitrogens with zero attached hydrogens (tertiary/aromatic N) is 2. The summed E-state index contributed by atoms with van der Waals surface area (Å²) < 4.78 is 9.71. The number of methoxy groups -OCH3 is 2. The van der Waals surface area contributed by atoms with Crippen LogP contribution in [0.5, 0.6) is 0 Å². The van der Waals surface area contributed by atoms with Crippen LogP contribution in [0.4, 0.5) is 17.3 Å². The molecule has 2 rings (SSSR count). The molecule has 128 valence electrons. The predicted octanol–water partition coefficient (Wildman–Crippen LogP) is 2.76. The van der Waals surface area contributed by atoms with Crippen molar-refractivity contribution >= 4 is 23.3 Å². The van der Waals surface area contributed by atoms with E-state index in [1.54, 1.807) is 31.4 Å². The molecule has 0 amide bonds. The van der Waals surface area contributed by atoms with E-state index in [0.717, 1.165) is 24.5 Å². The summed E-state index contributed by atoms with van der Waals surface area (Å²) in [7, 11) is 3.04. The molecule has 0 spiro atoms. The molecule has 1 aromatic carbocycles. The first-order valence-electron chi connectivity index (χ1n) is 7.66. The molecule has 2 N–H and O–H groups in total. The summed E-state index contributed by atoms with van der Waals surface area (Å²) in [5.74, 6) is 1.75. The standard InChI is InChI=1S/C17H22N4O3/c1-12-19-15(18-9-4-10-23-2)11-16(20-12)21-14-7-5-13(6-8-14)17(22)24-3/h5-8,11H,4,9-10H2,1-3H3,(H2,18,19,20,21). The Hall–Kier alpha value is -2.67. The quantitative estimate of drug-likeness (QED) is 0.568. The second-order valence-corrected chi connectivity index (χ2v) is 5.15. The van der Waals surface area contributed by atoms with Gasteiger partial charge < -0.3 is 20.1 Å². The van der Waals surface area contributed by atoms with Crippen LogP contribution >= 0.6 is 0 Å². The third-order valence-corrected chi connectivity index (χ3v) is 3.25. The van der Waals surface area contributed by atoms with Crippen LogP contribution in [0, 0.1) is 6.92 Å². The number of rotatable bonds is 8. The van der Waals surface area contributed by atoms with Gasteiger partial charge in [-0.3, -0.25) is 0 Å². The number of aryl methyl sites for hydroxylation is 1. The first-order valence-corrected chi connectivity index (χ1v) is 7.66. The minimum absolute atomic E-state index is 0.359. The third-order valence-electron chi connectivity index (χ3n) is 3.25. The van der Waals surface area contributed by atoms with Gasteiger partial charge in [0.15, 0.2) is 0 Å². The topological polar surface area (TPSA) is 85.4 Å². The van der Waals surface area contributed by atoms with E-state index in [2.05, 4.69) is 25.3 Å². The number of hydrogen-bond acceptors (Lipinski definition) is 7. The first kappa shape index (κ1) is 17.7. The van der Waals surface area contributed by atoms with Gasteiger partial charge in [0, 0.05) is 32.0 Å². The molecule has 1 aromatic heterocycles. The van der Waals surface area contributed by atoms with E-state index in [0.29, 0.717) is 23.8 Å². The largest absolute Gasteiger partial charge is 0.465 e. The van der Waals surface area contributed by atoms with Crippen molar-refractivity contribution in [2.24, 2.45) is 0 Å². The summed E-state index contributed by atoms with van der Waals surface area (Å²) in [5.41, 5.74) is 1.33. The number of esters is 1. The molecular weight excluding hydrogens is 308 g/mol. The van der Waals surface area contributed by atoms with Crippen LogP contribution in [-0.4, -0.2) is 43.3 Å². The zero-order valence-electron chi connectivity index (χ0n) is 14.1. The smallest absolute Gasteiger partial charge is 0.337 e. The molecule has 0 radical (unpaired) electrons. The second-order valence-electron chi connectivity index (χ2n) is 5.15. The molecule has 7 nitrogen and oxygen atoms in total. The van der Waals surface area contributed by atoms with Crippen molar-refractivity contribution in [3.05, 3.63) is 41.7 Å². The SMILES string of the molecule is COCCCNc1cc(Nc2ccc(C(=O)OC)cc2)nc(C)n1. The average molecular weight is 330 g/mol. The summed E-state index contributed by atoms with van der Waals surface area (Å²) in [4.78, 5) is 20.2. The van der Waals surface area contributed by atoms with Crippen molar-refractivity contribution in [1.29, 1.82) is 0 Å².